The number of nitrogens with zero attached hydrogens (tertiary/aromatic N) is 2. The number of carbonyl (C=O) groups excluding carboxylic acids is 1. The van der Waals surface area contributed by atoms with Gasteiger partial charge in [-0.25, -0.2) is 8.78 Å². The van der Waals surface area contributed by atoms with E-state index in [1.807, 2.05) is 4.90 Å². The van der Waals surface area contributed by atoms with E-state index in [2.05, 4.69) is 0 Å². The van der Waals surface area contributed by atoms with Crippen LogP contribution in [-0.4, -0.2) is 47.8 Å². The van der Waals surface area contributed by atoms with E-state index in [0.29, 0.717) is 30.6 Å². The van der Waals surface area contributed by atoms with Crippen molar-refractivity contribution < 1.29 is 26.7 Å². The number of hydrogen-bond acceptors (Lipinski definition) is 2. The van der Waals surface area contributed by atoms with Gasteiger partial charge in [-0.3, -0.25) is 4.79 Å². The van der Waals surface area contributed by atoms with E-state index in [9.17, 15) is 26.7 Å². The molecule has 2 aliphatic rings. The molecule has 1 atom stereocenters. The second kappa shape index (κ2) is 6.55. The van der Waals surface area contributed by atoms with Crippen LogP contribution in [0.25, 0.3) is 0 Å². The highest BCUT2D eigenvalue weighted by Gasteiger charge is 2.45. The number of alkyl halides is 5. The Morgan fingerprint density at radius 3 is 2.54 bits per heavy atom. The second-order valence-electron chi connectivity index (χ2n) is 6.98. The van der Waals surface area contributed by atoms with Crippen molar-refractivity contribution in [2.45, 2.75) is 31.4 Å². The van der Waals surface area contributed by atoms with Gasteiger partial charge < -0.3 is 9.80 Å². The molecule has 0 N–H and O–H groups in total. The molecule has 26 heavy (non-hydrogen) atoms. The van der Waals surface area contributed by atoms with Crippen molar-refractivity contribution >= 4 is 5.91 Å². The van der Waals surface area contributed by atoms with E-state index < -0.39 is 36.7 Å². The molecule has 1 amide bonds. The summed E-state index contributed by atoms with van der Waals surface area (Å²) in [5, 5.41) is 0. The first kappa shape index (κ1) is 18.7. The first-order valence-corrected chi connectivity index (χ1v) is 8.31. The van der Waals surface area contributed by atoms with Crippen molar-refractivity contribution in [1.82, 2.24) is 9.80 Å². The van der Waals surface area contributed by atoms with Gasteiger partial charge in [0.2, 0.25) is 5.91 Å². The van der Waals surface area contributed by atoms with Gasteiger partial charge in [0.1, 0.15) is 0 Å². The zero-order valence-electron chi connectivity index (χ0n) is 14.2. The molecule has 2 aliphatic heterocycles. The van der Waals surface area contributed by atoms with E-state index in [1.54, 1.807) is 19.2 Å². The van der Waals surface area contributed by atoms with Crippen LogP contribution in [0.4, 0.5) is 22.0 Å². The minimum absolute atomic E-state index is 0.0657. The minimum atomic E-state index is -4.38. The summed E-state index contributed by atoms with van der Waals surface area (Å²) in [7, 11) is 0. The SMILES string of the molecule is Cc1cc(C2CCN(/C=C\C(=O)N3CC(F)(F)C3)C2)cc(C(F)(F)F)c1. The zero-order chi connectivity index (χ0) is 19.1. The Morgan fingerprint density at radius 2 is 1.92 bits per heavy atom. The van der Waals surface area contributed by atoms with Crippen molar-refractivity contribution in [1.29, 1.82) is 0 Å². The Balaban J connectivity index is 1.61. The van der Waals surface area contributed by atoms with Gasteiger partial charge in [-0.05, 0) is 31.0 Å². The van der Waals surface area contributed by atoms with Crippen LogP contribution in [0.2, 0.25) is 0 Å². The average molecular weight is 374 g/mol. The fourth-order valence-corrected chi connectivity index (χ4v) is 3.35. The molecule has 1 aromatic rings. The molecule has 0 aliphatic carbocycles. The quantitative estimate of drug-likeness (QED) is 0.594. The summed E-state index contributed by atoms with van der Waals surface area (Å²) in [4.78, 5) is 14.7. The van der Waals surface area contributed by atoms with Gasteiger partial charge in [-0.15, -0.1) is 0 Å². The highest BCUT2D eigenvalue weighted by atomic mass is 19.4. The van der Waals surface area contributed by atoms with Crippen molar-refractivity contribution in [3.8, 4) is 0 Å². The van der Waals surface area contributed by atoms with E-state index >= 15 is 0 Å². The van der Waals surface area contributed by atoms with Crippen molar-refractivity contribution in [3.05, 3.63) is 47.2 Å². The lowest BCUT2D eigenvalue weighted by Gasteiger charge is -2.38. The van der Waals surface area contributed by atoms with Gasteiger partial charge in [0.05, 0.1) is 18.7 Å². The Labute approximate surface area is 148 Å². The molecule has 0 aromatic heterocycles. The van der Waals surface area contributed by atoms with Crippen LogP contribution in [-0.2, 0) is 11.0 Å². The number of aryl methyl sites for hydroxylation is 1. The van der Waals surface area contributed by atoms with E-state index in [-0.39, 0.29) is 5.92 Å². The lowest BCUT2D eigenvalue weighted by molar-refractivity contribution is -0.160. The molecule has 0 radical (unpaired) electrons. The fourth-order valence-electron chi connectivity index (χ4n) is 3.35. The second-order valence-corrected chi connectivity index (χ2v) is 6.98. The van der Waals surface area contributed by atoms with Gasteiger partial charge in [-0.2, -0.15) is 13.2 Å². The molecule has 142 valence electrons. The van der Waals surface area contributed by atoms with Crippen LogP contribution in [0.5, 0.6) is 0 Å². The smallest absolute Gasteiger partial charge is 0.377 e. The monoisotopic (exact) mass is 374 g/mol. The molecular formula is C18H19F5N2O. The number of benzene rings is 1. The maximum Gasteiger partial charge on any atom is 0.416 e. The molecule has 8 heteroatoms. The van der Waals surface area contributed by atoms with Crippen LogP contribution in [0.15, 0.2) is 30.5 Å². The van der Waals surface area contributed by atoms with Crippen LogP contribution < -0.4 is 0 Å². The first-order chi connectivity index (χ1) is 12.0. The Bertz CT molecular complexity index is 721. The van der Waals surface area contributed by atoms with E-state index in [1.165, 1.54) is 12.1 Å². The Kier molecular flexibility index (Phi) is 4.71. The summed E-state index contributed by atoms with van der Waals surface area (Å²) in [6.07, 6.45) is -0.931. The lowest BCUT2D eigenvalue weighted by atomic mass is 9.94. The lowest BCUT2D eigenvalue weighted by Crippen LogP contribution is -2.58. The summed E-state index contributed by atoms with van der Waals surface area (Å²) in [6.45, 7) is 1.58. The summed E-state index contributed by atoms with van der Waals surface area (Å²) < 4.78 is 64.5. The number of hydrogen-bond donors (Lipinski definition) is 0. The van der Waals surface area contributed by atoms with Crippen LogP contribution in [0.3, 0.4) is 0 Å². The summed E-state index contributed by atoms with van der Waals surface area (Å²) in [6, 6.07) is 4.05. The third kappa shape index (κ3) is 4.16. The molecule has 0 saturated carbocycles. The van der Waals surface area contributed by atoms with Gasteiger partial charge in [-0.1, -0.05) is 11.6 Å². The Morgan fingerprint density at radius 1 is 1.23 bits per heavy atom. The van der Waals surface area contributed by atoms with Gasteiger partial charge in [0.15, 0.2) is 0 Å². The predicted molar refractivity (Wildman–Crippen MR) is 85.8 cm³/mol. The van der Waals surface area contributed by atoms with Crippen LogP contribution >= 0.6 is 0 Å². The van der Waals surface area contributed by atoms with Crippen molar-refractivity contribution in [2.24, 2.45) is 0 Å². The average Bonchev–Trinajstić information content (AvgIpc) is 2.97. The summed E-state index contributed by atoms with van der Waals surface area (Å²) in [5.41, 5.74) is 0.523. The summed E-state index contributed by atoms with van der Waals surface area (Å²) in [5.74, 6) is -3.35. The standard InChI is InChI=1S/C18H19F5N2O/c1-12-6-14(8-15(7-12)18(21,22)23)13-2-4-24(9-13)5-3-16(26)25-10-17(19,20)11-25/h3,5-8,13H,2,4,9-11H2,1H3/b5-3-. The van der Waals surface area contributed by atoms with E-state index in [4.69, 9.17) is 0 Å². The van der Waals surface area contributed by atoms with Crippen LogP contribution in [0.1, 0.15) is 29.0 Å². The Hall–Kier alpha value is -2.12. The molecule has 0 spiro atoms. The number of carbonyl (C=O) groups is 1. The highest BCUT2D eigenvalue weighted by molar-refractivity contribution is 5.88. The molecule has 2 fully saturated rings. The molecule has 2 heterocycles. The number of amides is 1. The molecule has 3 rings (SSSR count). The number of halogens is 5. The topological polar surface area (TPSA) is 23.6 Å². The van der Waals surface area contributed by atoms with Gasteiger partial charge >= 0.3 is 6.18 Å². The maximum absolute atomic E-state index is 13.0. The maximum atomic E-state index is 13.0. The molecule has 3 nitrogen and oxygen atoms in total. The number of likely N-dealkylation sites (tertiary alicyclic amines) is 2. The van der Waals surface area contributed by atoms with Gasteiger partial charge in [0, 0.05) is 31.3 Å². The molecule has 0 bridgehead atoms. The molecular weight excluding hydrogens is 355 g/mol. The third-order valence-corrected chi connectivity index (χ3v) is 4.70. The molecule has 1 aromatic carbocycles. The largest absolute Gasteiger partial charge is 0.416 e. The number of rotatable bonds is 3. The third-order valence-electron chi connectivity index (χ3n) is 4.70. The highest BCUT2D eigenvalue weighted by Crippen LogP contribution is 2.35. The van der Waals surface area contributed by atoms with Crippen molar-refractivity contribution in [2.75, 3.05) is 26.2 Å². The first-order valence-electron chi connectivity index (χ1n) is 8.31. The summed E-state index contributed by atoms with van der Waals surface area (Å²) >= 11 is 0. The zero-order valence-corrected chi connectivity index (χ0v) is 14.2. The molecule has 2 saturated heterocycles. The van der Waals surface area contributed by atoms with Gasteiger partial charge in [0.25, 0.3) is 5.92 Å². The molecule has 1 unspecified atom stereocenters. The predicted octanol–water partition coefficient (Wildman–Crippen LogP) is 3.79. The fraction of sp³-hybridized carbons (Fsp3) is 0.500. The minimum Gasteiger partial charge on any atom is -0.377 e. The van der Waals surface area contributed by atoms with Crippen LogP contribution in [0, 0.1) is 6.92 Å². The normalized spacial score (nSPS) is 22.8. The van der Waals surface area contributed by atoms with E-state index in [0.717, 1.165) is 11.0 Å². The van der Waals surface area contributed by atoms with Crippen molar-refractivity contribution in [3.63, 3.8) is 0 Å².